The topological polar surface area (TPSA) is 3.24 Å². The molecule has 1 saturated heterocycles. The van der Waals surface area contributed by atoms with Gasteiger partial charge in [0.25, 0.3) is 0 Å². The molecule has 1 nitrogen and oxygen atoms in total. The Morgan fingerprint density at radius 3 is 1.90 bits per heavy atom. The molecule has 1 heterocycles. The number of hydrogen-bond acceptors (Lipinski definition) is 1. The van der Waals surface area contributed by atoms with Crippen LogP contribution in [-0.2, 0) is 0 Å². The van der Waals surface area contributed by atoms with E-state index in [-0.39, 0.29) is 11.5 Å². The predicted molar refractivity (Wildman–Crippen MR) is 84.9 cm³/mol. The molecule has 0 spiro atoms. The summed E-state index contributed by atoms with van der Waals surface area (Å²) in [5, 5.41) is 0. The van der Waals surface area contributed by atoms with Gasteiger partial charge in [0.2, 0.25) is 0 Å². The summed E-state index contributed by atoms with van der Waals surface area (Å²) in [4.78, 5) is 2.44. The van der Waals surface area contributed by atoms with Crippen LogP contribution in [0.1, 0.15) is 36.4 Å². The maximum atomic E-state index is 6.60. The smallest absolute Gasteiger partial charge is 0.0858 e. The molecule has 1 atom stereocenters. The van der Waals surface area contributed by atoms with E-state index in [9.17, 15) is 0 Å². The van der Waals surface area contributed by atoms with E-state index in [0.717, 1.165) is 13.0 Å². The van der Waals surface area contributed by atoms with E-state index in [0.29, 0.717) is 0 Å². The van der Waals surface area contributed by atoms with Gasteiger partial charge in [-0.2, -0.15) is 0 Å². The summed E-state index contributed by atoms with van der Waals surface area (Å²) >= 11 is 6.60. The highest BCUT2D eigenvalue weighted by atomic mass is 35.5. The van der Waals surface area contributed by atoms with Gasteiger partial charge in [0.1, 0.15) is 0 Å². The van der Waals surface area contributed by atoms with Crippen LogP contribution in [0.25, 0.3) is 0 Å². The van der Waals surface area contributed by atoms with Crippen molar-refractivity contribution in [1.29, 1.82) is 0 Å². The van der Waals surface area contributed by atoms with Gasteiger partial charge in [-0.1, -0.05) is 60.7 Å². The molecule has 2 heteroatoms. The number of rotatable bonds is 3. The quantitative estimate of drug-likeness (QED) is 0.577. The van der Waals surface area contributed by atoms with Crippen molar-refractivity contribution in [3.63, 3.8) is 0 Å². The van der Waals surface area contributed by atoms with Crippen molar-refractivity contribution >= 4 is 11.6 Å². The highest BCUT2D eigenvalue weighted by Gasteiger charge is 2.29. The molecule has 1 fully saturated rings. The number of halogens is 1. The molecular formula is C18H20ClN. The van der Waals surface area contributed by atoms with Crippen molar-refractivity contribution in [3.8, 4) is 0 Å². The first-order valence-corrected chi connectivity index (χ1v) is 7.79. The third kappa shape index (κ3) is 2.89. The number of piperidine rings is 1. The Kier molecular flexibility index (Phi) is 4.39. The Morgan fingerprint density at radius 2 is 1.40 bits per heavy atom. The molecule has 20 heavy (non-hydrogen) atoms. The predicted octanol–water partition coefficient (Wildman–Crippen LogP) is 4.83. The number of benzene rings is 2. The van der Waals surface area contributed by atoms with Crippen molar-refractivity contribution in [2.75, 3.05) is 6.54 Å². The molecule has 3 rings (SSSR count). The van der Waals surface area contributed by atoms with Crippen LogP contribution in [0.3, 0.4) is 0 Å². The highest BCUT2D eigenvalue weighted by molar-refractivity contribution is 6.20. The first kappa shape index (κ1) is 13.7. The van der Waals surface area contributed by atoms with Gasteiger partial charge in [-0.3, -0.25) is 4.90 Å². The Bertz CT molecular complexity index is 486. The summed E-state index contributed by atoms with van der Waals surface area (Å²) < 4.78 is 0. The normalized spacial score (nSPS) is 20.2. The SMILES string of the molecule is ClC1CCCCN1C(c1ccccc1)c1ccccc1. The average Bonchev–Trinajstić information content (AvgIpc) is 2.52. The standard InChI is InChI=1S/C18H20ClN/c19-17-13-7-8-14-20(17)18(15-9-3-1-4-10-15)16-11-5-2-6-12-16/h1-6,9-12,17-18H,7-8,13-14H2. The van der Waals surface area contributed by atoms with Crippen LogP contribution >= 0.6 is 11.6 Å². The molecule has 1 unspecified atom stereocenters. The van der Waals surface area contributed by atoms with Crippen LogP contribution in [0.2, 0.25) is 0 Å². The Hall–Kier alpha value is -1.31. The lowest BCUT2D eigenvalue weighted by molar-refractivity contribution is 0.162. The molecule has 0 amide bonds. The molecule has 0 radical (unpaired) electrons. The van der Waals surface area contributed by atoms with E-state index in [1.807, 2.05) is 0 Å². The molecule has 0 bridgehead atoms. The summed E-state index contributed by atoms with van der Waals surface area (Å²) in [5.41, 5.74) is 2.78. The molecule has 0 saturated carbocycles. The van der Waals surface area contributed by atoms with Gasteiger partial charge in [0, 0.05) is 6.54 Å². The minimum absolute atomic E-state index is 0.133. The van der Waals surface area contributed by atoms with Crippen LogP contribution in [0.15, 0.2) is 60.7 Å². The summed E-state index contributed by atoms with van der Waals surface area (Å²) in [5.74, 6) is 0. The zero-order valence-corrected chi connectivity index (χ0v) is 12.3. The number of nitrogens with zero attached hydrogens (tertiary/aromatic N) is 1. The van der Waals surface area contributed by atoms with Gasteiger partial charge in [-0.05, 0) is 30.4 Å². The molecule has 0 N–H and O–H groups in total. The first-order chi connectivity index (χ1) is 9.86. The fourth-order valence-corrected chi connectivity index (χ4v) is 3.41. The van der Waals surface area contributed by atoms with Crippen LogP contribution in [0.5, 0.6) is 0 Å². The van der Waals surface area contributed by atoms with Gasteiger partial charge in [-0.15, -0.1) is 11.6 Å². The first-order valence-electron chi connectivity index (χ1n) is 7.36. The molecule has 2 aromatic rings. The Labute approximate surface area is 126 Å². The molecular weight excluding hydrogens is 266 g/mol. The monoisotopic (exact) mass is 285 g/mol. The lowest BCUT2D eigenvalue weighted by Crippen LogP contribution is -2.39. The number of alkyl halides is 1. The zero-order valence-electron chi connectivity index (χ0n) is 11.6. The van der Waals surface area contributed by atoms with Crippen LogP contribution < -0.4 is 0 Å². The van der Waals surface area contributed by atoms with E-state index in [4.69, 9.17) is 11.6 Å². The van der Waals surface area contributed by atoms with Gasteiger partial charge >= 0.3 is 0 Å². The van der Waals surface area contributed by atoms with Crippen LogP contribution in [0.4, 0.5) is 0 Å². The maximum Gasteiger partial charge on any atom is 0.0858 e. The second-order valence-corrected chi connectivity index (χ2v) is 5.90. The molecule has 104 valence electrons. The third-order valence-corrected chi connectivity index (χ3v) is 4.50. The summed E-state index contributed by atoms with van der Waals surface area (Å²) in [6, 6.07) is 21.7. The molecule has 1 aliphatic rings. The van der Waals surface area contributed by atoms with E-state index in [1.54, 1.807) is 0 Å². The van der Waals surface area contributed by atoms with E-state index < -0.39 is 0 Å². The van der Waals surface area contributed by atoms with E-state index in [2.05, 4.69) is 65.6 Å². The second-order valence-electron chi connectivity index (χ2n) is 5.39. The molecule has 0 aromatic heterocycles. The minimum atomic E-state index is 0.133. The van der Waals surface area contributed by atoms with Crippen LogP contribution in [0, 0.1) is 0 Å². The number of likely N-dealkylation sites (tertiary alicyclic amines) is 1. The third-order valence-electron chi connectivity index (χ3n) is 4.03. The Morgan fingerprint density at radius 1 is 0.850 bits per heavy atom. The lowest BCUT2D eigenvalue weighted by atomic mass is 9.95. The number of hydrogen-bond donors (Lipinski definition) is 0. The summed E-state index contributed by atoms with van der Waals surface area (Å²) in [7, 11) is 0. The van der Waals surface area contributed by atoms with Gasteiger partial charge < -0.3 is 0 Å². The maximum absolute atomic E-state index is 6.60. The Balaban J connectivity index is 1.99. The van der Waals surface area contributed by atoms with Crippen molar-refractivity contribution in [2.45, 2.75) is 30.8 Å². The van der Waals surface area contributed by atoms with Gasteiger partial charge in [-0.25, -0.2) is 0 Å². The largest absolute Gasteiger partial charge is 0.276 e. The average molecular weight is 286 g/mol. The summed E-state index contributed by atoms with van der Waals surface area (Å²) in [6.07, 6.45) is 3.55. The van der Waals surface area contributed by atoms with Crippen molar-refractivity contribution in [2.24, 2.45) is 0 Å². The van der Waals surface area contributed by atoms with Crippen molar-refractivity contribution in [3.05, 3.63) is 71.8 Å². The van der Waals surface area contributed by atoms with Crippen LogP contribution in [-0.4, -0.2) is 16.9 Å². The van der Waals surface area contributed by atoms with Crippen molar-refractivity contribution in [1.82, 2.24) is 4.90 Å². The van der Waals surface area contributed by atoms with Crippen molar-refractivity contribution < 1.29 is 0 Å². The lowest BCUT2D eigenvalue weighted by Gasteiger charge is -2.38. The molecule has 2 aromatic carbocycles. The zero-order chi connectivity index (χ0) is 13.8. The van der Waals surface area contributed by atoms with Gasteiger partial charge in [0.15, 0.2) is 0 Å². The minimum Gasteiger partial charge on any atom is -0.276 e. The van der Waals surface area contributed by atoms with Gasteiger partial charge in [0.05, 0.1) is 11.5 Å². The van der Waals surface area contributed by atoms with E-state index in [1.165, 1.54) is 24.0 Å². The highest BCUT2D eigenvalue weighted by Crippen LogP contribution is 2.34. The molecule has 1 aliphatic heterocycles. The van der Waals surface area contributed by atoms with E-state index >= 15 is 0 Å². The fraction of sp³-hybridized carbons (Fsp3) is 0.333. The summed E-state index contributed by atoms with van der Waals surface area (Å²) in [6.45, 7) is 1.07. The fourth-order valence-electron chi connectivity index (χ4n) is 3.05. The second kappa shape index (κ2) is 6.43. The molecule has 0 aliphatic carbocycles.